The van der Waals surface area contributed by atoms with Gasteiger partial charge in [-0.1, -0.05) is 0 Å². The standard InChI is InChI=1S/C12H18N2O4S/c1-8-7-11(9(2)6-10(8)13)14-19(16,17)5-4-12(15)18-3/h6-7,14H,4-5,13H2,1-3H3. The highest BCUT2D eigenvalue weighted by atomic mass is 32.2. The van der Waals surface area contributed by atoms with Crippen molar-refractivity contribution in [1.82, 2.24) is 0 Å². The van der Waals surface area contributed by atoms with Crippen molar-refractivity contribution in [3.63, 3.8) is 0 Å². The van der Waals surface area contributed by atoms with Gasteiger partial charge >= 0.3 is 5.97 Å². The predicted octanol–water partition coefficient (Wildman–Crippen LogP) is 1.19. The Bertz CT molecular complexity index is 582. The zero-order valence-electron chi connectivity index (χ0n) is 11.2. The van der Waals surface area contributed by atoms with Crippen molar-refractivity contribution >= 4 is 27.4 Å². The molecular formula is C12H18N2O4S. The Balaban J connectivity index is 2.84. The highest BCUT2D eigenvalue weighted by Crippen LogP contribution is 2.23. The average molecular weight is 286 g/mol. The van der Waals surface area contributed by atoms with Crippen molar-refractivity contribution in [2.45, 2.75) is 20.3 Å². The molecule has 0 aromatic heterocycles. The fourth-order valence-electron chi connectivity index (χ4n) is 1.49. The molecule has 0 fully saturated rings. The first kappa shape index (κ1) is 15.3. The van der Waals surface area contributed by atoms with E-state index < -0.39 is 16.0 Å². The Morgan fingerprint density at radius 2 is 1.95 bits per heavy atom. The molecule has 0 aliphatic carbocycles. The number of sulfonamides is 1. The number of aryl methyl sites for hydroxylation is 2. The van der Waals surface area contributed by atoms with Gasteiger partial charge in [0.15, 0.2) is 0 Å². The number of benzene rings is 1. The van der Waals surface area contributed by atoms with Gasteiger partial charge in [-0.05, 0) is 37.1 Å². The Morgan fingerprint density at radius 1 is 1.32 bits per heavy atom. The third kappa shape index (κ3) is 4.44. The molecule has 0 saturated heterocycles. The first-order valence-electron chi connectivity index (χ1n) is 5.69. The lowest BCUT2D eigenvalue weighted by Gasteiger charge is -2.12. The second-order valence-electron chi connectivity index (χ2n) is 4.27. The number of nitrogens with two attached hydrogens (primary N) is 1. The lowest BCUT2D eigenvalue weighted by atomic mass is 10.1. The van der Waals surface area contributed by atoms with Crippen LogP contribution in [-0.2, 0) is 19.6 Å². The molecule has 1 rings (SSSR count). The molecule has 0 aliphatic heterocycles. The van der Waals surface area contributed by atoms with Gasteiger partial charge in [0.2, 0.25) is 10.0 Å². The summed E-state index contributed by atoms with van der Waals surface area (Å²) in [4.78, 5) is 10.9. The third-order valence-corrected chi connectivity index (χ3v) is 3.95. The number of carbonyl (C=O) groups excluding carboxylic acids is 1. The van der Waals surface area contributed by atoms with E-state index >= 15 is 0 Å². The molecule has 1 aromatic rings. The van der Waals surface area contributed by atoms with Crippen molar-refractivity contribution in [2.24, 2.45) is 0 Å². The molecule has 0 heterocycles. The maximum Gasteiger partial charge on any atom is 0.306 e. The summed E-state index contributed by atoms with van der Waals surface area (Å²) in [5.74, 6) is -0.877. The molecule has 0 spiro atoms. The Labute approximate surface area is 113 Å². The molecule has 0 atom stereocenters. The summed E-state index contributed by atoms with van der Waals surface area (Å²) in [6, 6.07) is 3.37. The summed E-state index contributed by atoms with van der Waals surface area (Å²) in [6.45, 7) is 3.55. The van der Waals surface area contributed by atoms with Crippen LogP contribution in [0.4, 0.5) is 11.4 Å². The number of carbonyl (C=O) groups is 1. The number of methoxy groups -OCH3 is 1. The summed E-state index contributed by atoms with van der Waals surface area (Å²) < 4.78 is 30.5. The van der Waals surface area contributed by atoms with Gasteiger partial charge in [0, 0.05) is 5.69 Å². The van der Waals surface area contributed by atoms with Crippen LogP contribution in [0.2, 0.25) is 0 Å². The minimum Gasteiger partial charge on any atom is -0.469 e. The normalized spacial score (nSPS) is 11.1. The molecule has 19 heavy (non-hydrogen) atoms. The summed E-state index contributed by atoms with van der Waals surface area (Å²) in [6.07, 6.45) is -0.182. The summed E-state index contributed by atoms with van der Waals surface area (Å²) >= 11 is 0. The first-order chi connectivity index (χ1) is 8.75. The van der Waals surface area contributed by atoms with E-state index in [1.54, 1.807) is 26.0 Å². The topological polar surface area (TPSA) is 98.5 Å². The smallest absolute Gasteiger partial charge is 0.306 e. The van der Waals surface area contributed by atoms with Crippen molar-refractivity contribution in [1.29, 1.82) is 0 Å². The van der Waals surface area contributed by atoms with E-state index in [0.29, 0.717) is 11.4 Å². The van der Waals surface area contributed by atoms with Crippen LogP contribution in [0.3, 0.4) is 0 Å². The maximum absolute atomic E-state index is 11.8. The van der Waals surface area contributed by atoms with Crippen molar-refractivity contribution in [2.75, 3.05) is 23.3 Å². The number of ether oxygens (including phenoxy) is 1. The molecule has 0 aliphatic rings. The molecule has 0 saturated carbocycles. The molecule has 0 radical (unpaired) electrons. The van der Waals surface area contributed by atoms with Gasteiger partial charge in [-0.15, -0.1) is 0 Å². The van der Waals surface area contributed by atoms with Gasteiger partial charge < -0.3 is 10.5 Å². The predicted molar refractivity (Wildman–Crippen MR) is 74.4 cm³/mol. The van der Waals surface area contributed by atoms with E-state index in [-0.39, 0.29) is 12.2 Å². The largest absolute Gasteiger partial charge is 0.469 e. The number of rotatable bonds is 5. The summed E-state index contributed by atoms with van der Waals surface area (Å²) in [7, 11) is -2.37. The minimum absolute atomic E-state index is 0.182. The van der Waals surface area contributed by atoms with Crippen molar-refractivity contribution in [3.05, 3.63) is 23.3 Å². The van der Waals surface area contributed by atoms with Gasteiger partial charge in [-0.3, -0.25) is 9.52 Å². The number of nitrogens with one attached hydrogen (secondary N) is 1. The second kappa shape index (κ2) is 5.92. The number of esters is 1. The second-order valence-corrected chi connectivity index (χ2v) is 6.11. The van der Waals surface area contributed by atoms with Gasteiger partial charge in [-0.2, -0.15) is 0 Å². The van der Waals surface area contributed by atoms with Crippen LogP contribution < -0.4 is 10.5 Å². The van der Waals surface area contributed by atoms with E-state index in [1.807, 2.05) is 0 Å². The molecule has 1 aromatic carbocycles. The molecule has 106 valence electrons. The lowest BCUT2D eigenvalue weighted by Crippen LogP contribution is -2.20. The molecule has 0 bridgehead atoms. The highest BCUT2D eigenvalue weighted by molar-refractivity contribution is 7.92. The van der Waals surface area contributed by atoms with E-state index in [4.69, 9.17) is 5.73 Å². The van der Waals surface area contributed by atoms with Gasteiger partial charge in [0.05, 0.1) is 25.0 Å². The quantitative estimate of drug-likeness (QED) is 0.626. The molecule has 6 nitrogen and oxygen atoms in total. The summed E-state index contributed by atoms with van der Waals surface area (Å²) in [5.41, 5.74) is 8.32. The Hall–Kier alpha value is -1.76. The van der Waals surface area contributed by atoms with E-state index in [1.165, 1.54) is 7.11 Å². The highest BCUT2D eigenvalue weighted by Gasteiger charge is 2.15. The van der Waals surface area contributed by atoms with Gasteiger partial charge in [-0.25, -0.2) is 8.42 Å². The van der Waals surface area contributed by atoms with Crippen LogP contribution in [0.1, 0.15) is 17.5 Å². The molecular weight excluding hydrogens is 268 g/mol. The van der Waals surface area contributed by atoms with Crippen LogP contribution in [0.5, 0.6) is 0 Å². The van der Waals surface area contributed by atoms with Crippen LogP contribution in [-0.4, -0.2) is 27.2 Å². The molecule has 0 amide bonds. The average Bonchev–Trinajstić information content (AvgIpc) is 2.33. The van der Waals surface area contributed by atoms with Crippen LogP contribution in [0.15, 0.2) is 12.1 Å². The molecule has 7 heteroatoms. The first-order valence-corrected chi connectivity index (χ1v) is 7.34. The molecule has 3 N–H and O–H groups in total. The fourth-order valence-corrected chi connectivity index (χ4v) is 2.58. The van der Waals surface area contributed by atoms with E-state index in [9.17, 15) is 13.2 Å². The Kier molecular flexibility index (Phi) is 4.77. The summed E-state index contributed by atoms with van der Waals surface area (Å²) in [5, 5.41) is 0. The van der Waals surface area contributed by atoms with Crippen molar-refractivity contribution in [3.8, 4) is 0 Å². The number of hydrogen-bond acceptors (Lipinski definition) is 5. The van der Waals surface area contributed by atoms with Crippen LogP contribution in [0.25, 0.3) is 0 Å². The van der Waals surface area contributed by atoms with Crippen LogP contribution in [0, 0.1) is 13.8 Å². The van der Waals surface area contributed by atoms with E-state index in [2.05, 4.69) is 9.46 Å². The van der Waals surface area contributed by atoms with E-state index in [0.717, 1.165) is 11.1 Å². The number of anilines is 2. The SMILES string of the molecule is COC(=O)CCS(=O)(=O)Nc1cc(C)c(N)cc1C. The van der Waals surface area contributed by atoms with Crippen LogP contribution >= 0.6 is 0 Å². The van der Waals surface area contributed by atoms with Gasteiger partial charge in [0.1, 0.15) is 0 Å². The fraction of sp³-hybridized carbons (Fsp3) is 0.417. The zero-order chi connectivity index (χ0) is 14.6. The lowest BCUT2D eigenvalue weighted by molar-refractivity contribution is -0.140. The monoisotopic (exact) mass is 286 g/mol. The minimum atomic E-state index is -3.58. The maximum atomic E-state index is 11.8. The number of hydrogen-bond donors (Lipinski definition) is 2. The number of nitrogen functional groups attached to an aromatic ring is 1. The third-order valence-electron chi connectivity index (χ3n) is 2.68. The van der Waals surface area contributed by atoms with Crippen molar-refractivity contribution < 1.29 is 17.9 Å². The van der Waals surface area contributed by atoms with Gasteiger partial charge in [0.25, 0.3) is 0 Å². The molecule has 0 unspecified atom stereocenters. The Morgan fingerprint density at radius 3 is 2.53 bits per heavy atom. The zero-order valence-corrected chi connectivity index (χ0v) is 12.0.